The number of rotatable bonds is 0. The zero-order valence-electron chi connectivity index (χ0n) is 8.64. The Hall–Kier alpha value is -0.300. The van der Waals surface area contributed by atoms with Crippen LogP contribution < -0.4 is 0 Å². The van der Waals surface area contributed by atoms with Crippen molar-refractivity contribution in [1.29, 1.82) is 0 Å². The van der Waals surface area contributed by atoms with E-state index < -0.39 is 0 Å². The second-order valence-electron chi connectivity index (χ2n) is 4.59. The van der Waals surface area contributed by atoms with Crippen LogP contribution in [0.1, 0.15) is 26.7 Å². The first-order valence-corrected chi connectivity index (χ1v) is 4.93. The summed E-state index contributed by atoms with van der Waals surface area (Å²) in [5.41, 5.74) is 1.45. The van der Waals surface area contributed by atoms with Gasteiger partial charge < -0.3 is 4.90 Å². The molecule has 1 rings (SSSR count). The molecular weight excluding hydrogens is 146 g/mol. The molecule has 0 spiro atoms. The first-order valence-electron chi connectivity index (χ1n) is 4.93. The van der Waals surface area contributed by atoms with Crippen molar-refractivity contribution in [3.8, 4) is 0 Å². The van der Waals surface area contributed by atoms with Gasteiger partial charge in [-0.15, -0.1) is 0 Å². The molecule has 1 nitrogen and oxygen atoms in total. The van der Waals surface area contributed by atoms with E-state index in [2.05, 4.69) is 32.4 Å². The maximum atomic E-state index is 4.12. The number of likely N-dealkylation sites (tertiary alicyclic amines) is 1. The predicted molar refractivity (Wildman–Crippen MR) is 54.2 cm³/mol. The summed E-state index contributed by atoms with van der Waals surface area (Å²) in [6.07, 6.45) is 2.43. The van der Waals surface area contributed by atoms with Crippen LogP contribution in [-0.4, -0.2) is 25.0 Å². The van der Waals surface area contributed by atoms with E-state index in [1.54, 1.807) is 0 Å². The smallest absolute Gasteiger partial charge is 0.000714 e. The molecule has 0 N–H and O–H groups in total. The highest BCUT2D eigenvalue weighted by Gasteiger charge is 2.16. The van der Waals surface area contributed by atoms with Gasteiger partial charge in [-0.1, -0.05) is 26.0 Å². The van der Waals surface area contributed by atoms with Crippen LogP contribution in [0.4, 0.5) is 0 Å². The molecule has 0 aromatic carbocycles. The molecule has 2 atom stereocenters. The summed E-state index contributed by atoms with van der Waals surface area (Å²) < 4.78 is 0. The summed E-state index contributed by atoms with van der Waals surface area (Å²) in [5.74, 6) is 1.57. The van der Waals surface area contributed by atoms with E-state index in [0.29, 0.717) is 0 Å². The monoisotopic (exact) mass is 167 g/mol. The molecule has 0 bridgehead atoms. The summed E-state index contributed by atoms with van der Waals surface area (Å²) in [6.45, 7) is 11.2. The average Bonchev–Trinajstić information content (AvgIpc) is 1.81. The van der Waals surface area contributed by atoms with Gasteiger partial charge in [0.25, 0.3) is 0 Å². The molecule has 1 heterocycles. The molecule has 70 valence electrons. The SMILES string of the molecule is C=C1CC(C)CN(C)CC(C)C1. The molecular formula is C11H21N. The Morgan fingerprint density at radius 3 is 2.00 bits per heavy atom. The maximum Gasteiger partial charge on any atom is 0.000714 e. The van der Waals surface area contributed by atoms with Gasteiger partial charge in [0, 0.05) is 13.1 Å². The van der Waals surface area contributed by atoms with E-state index in [9.17, 15) is 0 Å². The van der Waals surface area contributed by atoms with Gasteiger partial charge in [0.15, 0.2) is 0 Å². The number of hydrogen-bond acceptors (Lipinski definition) is 1. The standard InChI is InChI=1S/C11H21N/c1-9-5-10(2)7-12(4)8-11(3)6-9/h10-11H,1,5-8H2,2-4H3. The van der Waals surface area contributed by atoms with Gasteiger partial charge in [-0.25, -0.2) is 0 Å². The van der Waals surface area contributed by atoms with Gasteiger partial charge in [0.1, 0.15) is 0 Å². The molecule has 12 heavy (non-hydrogen) atoms. The van der Waals surface area contributed by atoms with Crippen molar-refractivity contribution in [1.82, 2.24) is 4.90 Å². The van der Waals surface area contributed by atoms with Gasteiger partial charge in [-0.3, -0.25) is 0 Å². The van der Waals surface area contributed by atoms with E-state index in [1.165, 1.54) is 31.5 Å². The normalized spacial score (nSPS) is 34.4. The lowest BCUT2D eigenvalue weighted by molar-refractivity contribution is 0.233. The van der Waals surface area contributed by atoms with Crippen LogP contribution in [0.25, 0.3) is 0 Å². The molecule has 1 saturated heterocycles. The summed E-state index contributed by atoms with van der Waals surface area (Å²) in [6, 6.07) is 0. The quantitative estimate of drug-likeness (QED) is 0.501. The fourth-order valence-electron chi connectivity index (χ4n) is 2.34. The minimum Gasteiger partial charge on any atom is -0.306 e. The molecule has 0 radical (unpaired) electrons. The minimum absolute atomic E-state index is 0.787. The van der Waals surface area contributed by atoms with E-state index in [4.69, 9.17) is 0 Å². The van der Waals surface area contributed by atoms with Crippen LogP contribution in [0.2, 0.25) is 0 Å². The Labute approximate surface area is 76.5 Å². The zero-order chi connectivity index (χ0) is 9.14. The summed E-state index contributed by atoms with van der Waals surface area (Å²) >= 11 is 0. The van der Waals surface area contributed by atoms with Gasteiger partial charge >= 0.3 is 0 Å². The molecule has 2 unspecified atom stereocenters. The largest absolute Gasteiger partial charge is 0.306 e. The van der Waals surface area contributed by atoms with Crippen molar-refractivity contribution in [3.63, 3.8) is 0 Å². The lowest BCUT2D eigenvalue weighted by atomic mass is 9.91. The van der Waals surface area contributed by atoms with Crippen molar-refractivity contribution in [3.05, 3.63) is 12.2 Å². The zero-order valence-corrected chi connectivity index (χ0v) is 8.64. The van der Waals surface area contributed by atoms with E-state index in [-0.39, 0.29) is 0 Å². The van der Waals surface area contributed by atoms with Crippen molar-refractivity contribution in [2.75, 3.05) is 20.1 Å². The average molecular weight is 167 g/mol. The molecule has 0 saturated carbocycles. The third-order valence-electron chi connectivity index (χ3n) is 2.52. The third-order valence-corrected chi connectivity index (χ3v) is 2.52. The third kappa shape index (κ3) is 2.98. The maximum absolute atomic E-state index is 4.12. The number of allylic oxidation sites excluding steroid dienone is 1. The van der Waals surface area contributed by atoms with Crippen molar-refractivity contribution in [2.45, 2.75) is 26.7 Å². The second-order valence-corrected chi connectivity index (χ2v) is 4.59. The van der Waals surface area contributed by atoms with E-state index in [0.717, 1.165) is 11.8 Å². The van der Waals surface area contributed by atoms with Gasteiger partial charge in [-0.2, -0.15) is 0 Å². The fraction of sp³-hybridized carbons (Fsp3) is 0.818. The summed E-state index contributed by atoms with van der Waals surface area (Å²) in [7, 11) is 2.22. The predicted octanol–water partition coefficient (Wildman–Crippen LogP) is 2.54. The Morgan fingerprint density at radius 2 is 1.58 bits per heavy atom. The molecule has 1 aliphatic heterocycles. The Kier molecular flexibility index (Phi) is 3.33. The van der Waals surface area contributed by atoms with Crippen LogP contribution in [0.15, 0.2) is 12.2 Å². The first kappa shape index (κ1) is 9.79. The lowest BCUT2D eigenvalue weighted by Gasteiger charge is -2.29. The van der Waals surface area contributed by atoms with Crippen molar-refractivity contribution < 1.29 is 0 Å². The van der Waals surface area contributed by atoms with E-state index in [1.807, 2.05) is 0 Å². The van der Waals surface area contributed by atoms with Crippen LogP contribution in [0.3, 0.4) is 0 Å². The molecule has 1 heteroatoms. The van der Waals surface area contributed by atoms with Crippen LogP contribution in [0, 0.1) is 11.8 Å². The van der Waals surface area contributed by atoms with Crippen molar-refractivity contribution in [2.24, 2.45) is 11.8 Å². The minimum atomic E-state index is 0.787. The second kappa shape index (κ2) is 4.08. The molecule has 1 fully saturated rings. The lowest BCUT2D eigenvalue weighted by Crippen LogP contribution is -2.31. The molecule has 0 aliphatic carbocycles. The first-order chi connectivity index (χ1) is 5.58. The highest BCUT2D eigenvalue weighted by molar-refractivity contribution is 4.98. The molecule has 0 aromatic rings. The van der Waals surface area contributed by atoms with Gasteiger partial charge in [0.05, 0.1) is 0 Å². The Balaban J connectivity index is 2.51. The van der Waals surface area contributed by atoms with Gasteiger partial charge in [0.2, 0.25) is 0 Å². The fourth-order valence-corrected chi connectivity index (χ4v) is 2.34. The van der Waals surface area contributed by atoms with Crippen molar-refractivity contribution >= 4 is 0 Å². The molecule has 0 aromatic heterocycles. The Bertz CT molecular complexity index is 146. The Morgan fingerprint density at radius 1 is 1.17 bits per heavy atom. The topological polar surface area (TPSA) is 3.24 Å². The van der Waals surface area contributed by atoms with Crippen LogP contribution >= 0.6 is 0 Å². The highest BCUT2D eigenvalue weighted by atomic mass is 15.1. The highest BCUT2D eigenvalue weighted by Crippen LogP contribution is 2.22. The summed E-state index contributed by atoms with van der Waals surface area (Å²) in [5, 5.41) is 0. The molecule has 1 aliphatic rings. The van der Waals surface area contributed by atoms with Gasteiger partial charge in [-0.05, 0) is 31.7 Å². The number of hydrogen-bond donors (Lipinski definition) is 0. The van der Waals surface area contributed by atoms with E-state index >= 15 is 0 Å². The van der Waals surface area contributed by atoms with Crippen LogP contribution in [-0.2, 0) is 0 Å². The van der Waals surface area contributed by atoms with Crippen LogP contribution in [0.5, 0.6) is 0 Å². The number of nitrogens with zero attached hydrogens (tertiary/aromatic N) is 1. The summed E-state index contributed by atoms with van der Waals surface area (Å²) in [4.78, 5) is 2.45. The molecule has 0 amide bonds.